The van der Waals surface area contributed by atoms with Gasteiger partial charge in [-0.1, -0.05) is 17.7 Å². The van der Waals surface area contributed by atoms with Crippen LogP contribution in [0, 0.1) is 0 Å². The van der Waals surface area contributed by atoms with Gasteiger partial charge in [0.05, 0.1) is 5.56 Å². The Hall–Kier alpha value is -2.14. The van der Waals surface area contributed by atoms with Crippen LogP contribution in [0.1, 0.15) is 23.7 Å². The zero-order chi connectivity index (χ0) is 22.4. The number of carbonyl (C=O) groups is 1. The molecular formula is C20H28ClN5O4S. The fraction of sp³-hybridized carbons (Fsp3) is 0.500. The maximum absolute atomic E-state index is 13.3. The Morgan fingerprint density at radius 3 is 2.65 bits per heavy atom. The highest BCUT2D eigenvalue weighted by Crippen LogP contribution is 2.24. The Morgan fingerprint density at radius 2 is 2.00 bits per heavy atom. The van der Waals surface area contributed by atoms with E-state index in [-0.39, 0.29) is 10.6 Å². The lowest BCUT2D eigenvalue weighted by atomic mass is 10.2. The highest BCUT2D eigenvalue weighted by atomic mass is 35.5. The van der Waals surface area contributed by atoms with Crippen molar-refractivity contribution in [3.63, 3.8) is 0 Å². The Kier molecular flexibility index (Phi) is 7.93. The van der Waals surface area contributed by atoms with E-state index in [4.69, 9.17) is 16.3 Å². The van der Waals surface area contributed by atoms with Gasteiger partial charge in [0, 0.05) is 69.9 Å². The molecular weight excluding hydrogens is 442 g/mol. The van der Waals surface area contributed by atoms with Crippen LogP contribution in [0.2, 0.25) is 5.02 Å². The summed E-state index contributed by atoms with van der Waals surface area (Å²) in [5.41, 5.74) is 1.02. The molecule has 1 saturated heterocycles. The molecule has 2 heterocycles. The number of rotatable bonds is 9. The molecule has 1 fully saturated rings. The van der Waals surface area contributed by atoms with E-state index in [0.29, 0.717) is 57.3 Å². The quantitative estimate of drug-likeness (QED) is 0.563. The molecule has 1 aromatic carbocycles. The molecule has 0 radical (unpaired) electrons. The number of amides is 1. The van der Waals surface area contributed by atoms with Crippen LogP contribution in [0.5, 0.6) is 0 Å². The molecule has 11 heteroatoms. The number of sulfonamides is 1. The normalized spacial score (nSPS) is 15.3. The van der Waals surface area contributed by atoms with Gasteiger partial charge in [-0.3, -0.25) is 9.48 Å². The molecule has 3 rings (SSSR count). The Morgan fingerprint density at radius 1 is 1.26 bits per heavy atom. The molecule has 1 aliphatic heterocycles. The van der Waals surface area contributed by atoms with Crippen LogP contribution in [-0.2, 0) is 21.3 Å². The minimum atomic E-state index is -3.91. The van der Waals surface area contributed by atoms with Crippen molar-refractivity contribution in [3.8, 4) is 0 Å². The van der Waals surface area contributed by atoms with Gasteiger partial charge in [0.1, 0.15) is 0 Å². The number of methoxy groups -OCH3 is 1. The lowest BCUT2D eigenvalue weighted by molar-refractivity contribution is 0.0945. The molecule has 31 heavy (non-hydrogen) atoms. The Labute approximate surface area is 188 Å². The summed E-state index contributed by atoms with van der Waals surface area (Å²) in [5.74, 6) is -0.452. The summed E-state index contributed by atoms with van der Waals surface area (Å²) in [6.45, 7) is 4.83. The first kappa shape index (κ1) is 23.5. The van der Waals surface area contributed by atoms with Gasteiger partial charge in [-0.05, 0) is 31.5 Å². The minimum absolute atomic E-state index is 0.0662. The molecule has 2 aromatic rings. The third-order valence-corrected chi connectivity index (χ3v) is 7.17. The second-order valence-corrected chi connectivity index (χ2v) is 9.47. The van der Waals surface area contributed by atoms with Crippen molar-refractivity contribution in [1.29, 1.82) is 0 Å². The number of anilines is 1. The topological polar surface area (TPSA) is 96.8 Å². The predicted octanol–water partition coefficient (Wildman–Crippen LogP) is 1.83. The van der Waals surface area contributed by atoms with Gasteiger partial charge in [0.15, 0.2) is 0 Å². The van der Waals surface area contributed by atoms with Crippen LogP contribution in [0.25, 0.3) is 0 Å². The summed E-state index contributed by atoms with van der Waals surface area (Å²) in [4.78, 5) is 14.7. The van der Waals surface area contributed by atoms with Crippen LogP contribution in [0.15, 0.2) is 35.5 Å². The van der Waals surface area contributed by atoms with E-state index in [1.807, 2.05) is 25.1 Å². The monoisotopic (exact) mass is 469 g/mol. The largest absolute Gasteiger partial charge is 0.385 e. The van der Waals surface area contributed by atoms with E-state index in [1.54, 1.807) is 13.2 Å². The zero-order valence-electron chi connectivity index (χ0n) is 17.8. The maximum atomic E-state index is 13.3. The fourth-order valence-corrected chi connectivity index (χ4v) is 5.11. The molecule has 0 saturated carbocycles. The average molecular weight is 470 g/mol. The highest BCUT2D eigenvalue weighted by Gasteiger charge is 2.34. The van der Waals surface area contributed by atoms with Gasteiger partial charge >= 0.3 is 0 Å². The third-order valence-electron chi connectivity index (χ3n) is 5.10. The molecule has 0 bridgehead atoms. The van der Waals surface area contributed by atoms with Gasteiger partial charge in [-0.15, -0.1) is 0 Å². The van der Waals surface area contributed by atoms with E-state index < -0.39 is 15.9 Å². The lowest BCUT2D eigenvalue weighted by Gasteiger charge is -2.35. The van der Waals surface area contributed by atoms with Gasteiger partial charge in [0.2, 0.25) is 5.03 Å². The summed E-state index contributed by atoms with van der Waals surface area (Å²) in [6.07, 6.45) is 2.12. The molecule has 0 spiro atoms. The van der Waals surface area contributed by atoms with Crippen LogP contribution in [-0.4, -0.2) is 74.9 Å². The summed E-state index contributed by atoms with van der Waals surface area (Å²) >= 11 is 6.07. The number of hydrogen-bond acceptors (Lipinski definition) is 6. The molecule has 170 valence electrons. The number of carbonyl (C=O) groups excluding carboxylic acids is 1. The number of nitrogens with one attached hydrogen (secondary N) is 1. The summed E-state index contributed by atoms with van der Waals surface area (Å²) in [6, 6.07) is 7.49. The van der Waals surface area contributed by atoms with E-state index in [1.165, 1.54) is 15.2 Å². The van der Waals surface area contributed by atoms with Crippen LogP contribution < -0.4 is 10.2 Å². The number of hydrogen-bond donors (Lipinski definition) is 1. The first-order valence-corrected chi connectivity index (χ1v) is 12.0. The number of ether oxygens (including phenoxy) is 1. The van der Waals surface area contributed by atoms with Crippen LogP contribution in [0.3, 0.4) is 0 Å². The van der Waals surface area contributed by atoms with Crippen molar-refractivity contribution in [3.05, 3.63) is 41.0 Å². The number of halogens is 1. The Bertz CT molecular complexity index is 1000. The summed E-state index contributed by atoms with van der Waals surface area (Å²) in [5, 5.41) is 7.38. The number of piperazine rings is 1. The molecule has 0 aliphatic carbocycles. The molecule has 1 aromatic heterocycles. The van der Waals surface area contributed by atoms with Crippen LogP contribution in [0.4, 0.5) is 5.69 Å². The smallest absolute Gasteiger partial charge is 0.263 e. The molecule has 1 aliphatic rings. The maximum Gasteiger partial charge on any atom is 0.263 e. The molecule has 1 amide bonds. The van der Waals surface area contributed by atoms with Gasteiger partial charge in [-0.2, -0.15) is 9.40 Å². The summed E-state index contributed by atoms with van der Waals surface area (Å²) in [7, 11) is -2.33. The fourth-order valence-electron chi connectivity index (χ4n) is 3.41. The second kappa shape index (κ2) is 10.4. The number of aromatic nitrogens is 2. The summed E-state index contributed by atoms with van der Waals surface area (Å²) < 4.78 is 34.5. The van der Waals surface area contributed by atoms with Crippen molar-refractivity contribution < 1.29 is 17.9 Å². The van der Waals surface area contributed by atoms with E-state index in [0.717, 1.165) is 5.69 Å². The zero-order valence-corrected chi connectivity index (χ0v) is 19.3. The van der Waals surface area contributed by atoms with Crippen molar-refractivity contribution >= 4 is 33.2 Å². The van der Waals surface area contributed by atoms with E-state index in [9.17, 15) is 13.2 Å². The SMILES string of the molecule is CCn1cc(C(=O)NCCCOC)c(S(=O)(=O)N2CCN(c3cccc(Cl)c3)CC2)n1. The lowest BCUT2D eigenvalue weighted by Crippen LogP contribution is -2.49. The molecule has 1 N–H and O–H groups in total. The molecule has 9 nitrogen and oxygen atoms in total. The van der Waals surface area contributed by atoms with E-state index >= 15 is 0 Å². The van der Waals surface area contributed by atoms with Crippen LogP contribution >= 0.6 is 11.6 Å². The average Bonchev–Trinajstić information content (AvgIpc) is 3.22. The van der Waals surface area contributed by atoms with Gasteiger partial charge < -0.3 is 15.0 Å². The Balaban J connectivity index is 1.74. The highest BCUT2D eigenvalue weighted by molar-refractivity contribution is 7.89. The minimum Gasteiger partial charge on any atom is -0.385 e. The first-order valence-electron chi connectivity index (χ1n) is 10.2. The van der Waals surface area contributed by atoms with Gasteiger partial charge in [-0.25, -0.2) is 8.42 Å². The van der Waals surface area contributed by atoms with Crippen molar-refractivity contribution in [2.75, 3.05) is 51.3 Å². The third kappa shape index (κ3) is 5.57. The number of benzene rings is 1. The first-order chi connectivity index (χ1) is 14.9. The second-order valence-electron chi connectivity index (χ2n) is 7.18. The number of aryl methyl sites for hydroxylation is 1. The van der Waals surface area contributed by atoms with Gasteiger partial charge in [0.25, 0.3) is 15.9 Å². The van der Waals surface area contributed by atoms with Crippen molar-refractivity contribution in [2.24, 2.45) is 0 Å². The van der Waals surface area contributed by atoms with Crippen molar-refractivity contribution in [2.45, 2.75) is 24.9 Å². The molecule has 0 unspecified atom stereocenters. The van der Waals surface area contributed by atoms with Crippen molar-refractivity contribution in [1.82, 2.24) is 19.4 Å². The molecule has 0 atom stereocenters. The van der Waals surface area contributed by atoms with E-state index in [2.05, 4.69) is 15.3 Å². The predicted molar refractivity (Wildman–Crippen MR) is 119 cm³/mol. The standard InChI is InChI=1S/C20H28ClN5O4S/c1-3-25-15-18(19(27)22-8-5-13-30-2)20(23-25)31(28,29)26-11-9-24(10-12-26)17-7-4-6-16(21)14-17/h4,6-7,14-15H,3,5,8-13H2,1-2H3,(H,22,27). The number of nitrogens with zero attached hydrogens (tertiary/aromatic N) is 4.